The van der Waals surface area contributed by atoms with Gasteiger partial charge in [-0.2, -0.15) is 0 Å². The largest absolute Gasteiger partial charge is 0.497 e. The molecule has 1 N–H and O–H groups in total. The summed E-state index contributed by atoms with van der Waals surface area (Å²) >= 11 is 0. The quantitative estimate of drug-likeness (QED) is 0.686. The van der Waals surface area contributed by atoms with Crippen LogP contribution in [0.15, 0.2) is 36.5 Å². The molecule has 0 saturated heterocycles. The van der Waals surface area contributed by atoms with Crippen molar-refractivity contribution in [1.29, 1.82) is 0 Å². The minimum absolute atomic E-state index is 0.481. The summed E-state index contributed by atoms with van der Waals surface area (Å²) in [6, 6.07) is 10.5. The smallest absolute Gasteiger partial charge is 0.142 e. The van der Waals surface area contributed by atoms with Crippen molar-refractivity contribution in [1.82, 2.24) is 9.38 Å². The maximum atomic E-state index is 5.64. The number of ether oxygens (including phenoxy) is 2. The molecule has 0 aliphatic heterocycles. The second-order valence-corrected chi connectivity index (χ2v) is 7.24. The average molecular weight is 365 g/mol. The molecule has 0 atom stereocenters. The van der Waals surface area contributed by atoms with E-state index in [9.17, 15) is 0 Å². The van der Waals surface area contributed by atoms with Gasteiger partial charge in [0.25, 0.3) is 0 Å². The van der Waals surface area contributed by atoms with Gasteiger partial charge in [-0.25, -0.2) is 4.98 Å². The van der Waals surface area contributed by atoms with Gasteiger partial charge in [0.2, 0.25) is 0 Å². The van der Waals surface area contributed by atoms with Crippen LogP contribution in [0.5, 0.6) is 11.5 Å². The number of aromatic nitrogens is 2. The molecule has 142 valence electrons. The highest BCUT2D eigenvalue weighted by Gasteiger charge is 2.22. The molecule has 5 nitrogen and oxygen atoms in total. The van der Waals surface area contributed by atoms with E-state index in [-0.39, 0.29) is 0 Å². The van der Waals surface area contributed by atoms with Gasteiger partial charge in [0.05, 0.1) is 14.2 Å². The van der Waals surface area contributed by atoms with Crippen molar-refractivity contribution in [2.75, 3.05) is 19.5 Å². The molecule has 1 fully saturated rings. The van der Waals surface area contributed by atoms with Gasteiger partial charge < -0.3 is 14.8 Å². The Kier molecular flexibility index (Phi) is 4.92. The molecular formula is C22H27N3O2. The predicted octanol–water partition coefficient (Wildman–Crippen LogP) is 5.07. The molecule has 1 saturated carbocycles. The van der Waals surface area contributed by atoms with Crippen LogP contribution in [0.1, 0.15) is 37.7 Å². The van der Waals surface area contributed by atoms with E-state index in [1.54, 1.807) is 14.2 Å². The molecule has 2 aromatic heterocycles. The highest BCUT2D eigenvalue weighted by atomic mass is 16.5. The Morgan fingerprint density at radius 1 is 1.07 bits per heavy atom. The highest BCUT2D eigenvalue weighted by Crippen LogP contribution is 2.39. The minimum atomic E-state index is 0.481. The van der Waals surface area contributed by atoms with Crippen molar-refractivity contribution < 1.29 is 9.47 Å². The van der Waals surface area contributed by atoms with E-state index >= 15 is 0 Å². The second kappa shape index (κ2) is 7.51. The summed E-state index contributed by atoms with van der Waals surface area (Å²) in [7, 11) is 3.38. The molecule has 1 aliphatic carbocycles. The van der Waals surface area contributed by atoms with E-state index < -0.39 is 0 Å². The number of methoxy groups -OCH3 is 2. The van der Waals surface area contributed by atoms with Crippen molar-refractivity contribution in [3.05, 3.63) is 42.1 Å². The standard InChI is InChI=1S/C22H27N3O2/c1-15-8-7-13-25-21(15)24-20(22(25)23-16-9-5-4-6-10-16)18-14-17(26-2)11-12-19(18)27-3/h7-8,11-14,16,23H,4-6,9-10H2,1-3H3. The lowest BCUT2D eigenvalue weighted by atomic mass is 9.95. The minimum Gasteiger partial charge on any atom is -0.497 e. The molecule has 0 bridgehead atoms. The molecule has 4 rings (SSSR count). The highest BCUT2D eigenvalue weighted by molar-refractivity contribution is 5.82. The third-order valence-electron chi connectivity index (χ3n) is 5.45. The fourth-order valence-corrected chi connectivity index (χ4v) is 3.97. The fraction of sp³-hybridized carbons (Fsp3) is 0.409. The van der Waals surface area contributed by atoms with Gasteiger partial charge in [-0.15, -0.1) is 0 Å². The number of nitrogens with zero attached hydrogens (tertiary/aromatic N) is 2. The van der Waals surface area contributed by atoms with Crippen LogP contribution in [-0.2, 0) is 0 Å². The number of imidazole rings is 1. The average Bonchev–Trinajstić information content (AvgIpc) is 3.08. The normalized spacial score (nSPS) is 15.1. The van der Waals surface area contributed by atoms with Crippen LogP contribution >= 0.6 is 0 Å². The van der Waals surface area contributed by atoms with E-state index in [2.05, 4.69) is 35.0 Å². The summed E-state index contributed by atoms with van der Waals surface area (Å²) in [6.07, 6.45) is 8.38. The second-order valence-electron chi connectivity index (χ2n) is 7.24. The first kappa shape index (κ1) is 17.7. The number of hydrogen-bond donors (Lipinski definition) is 1. The van der Waals surface area contributed by atoms with Gasteiger partial charge >= 0.3 is 0 Å². The molecular weight excluding hydrogens is 338 g/mol. The molecule has 0 spiro atoms. The van der Waals surface area contributed by atoms with Crippen molar-refractivity contribution in [3.63, 3.8) is 0 Å². The predicted molar refractivity (Wildman–Crippen MR) is 109 cm³/mol. The van der Waals surface area contributed by atoms with Gasteiger partial charge in [-0.05, 0) is 49.6 Å². The Balaban J connectivity index is 1.89. The van der Waals surface area contributed by atoms with Crippen LogP contribution in [-0.4, -0.2) is 29.6 Å². The molecule has 0 amide bonds. The number of anilines is 1. The van der Waals surface area contributed by atoms with Gasteiger partial charge in [0.15, 0.2) is 0 Å². The molecule has 0 radical (unpaired) electrons. The summed E-state index contributed by atoms with van der Waals surface area (Å²) in [5, 5.41) is 3.79. The lowest BCUT2D eigenvalue weighted by Crippen LogP contribution is -2.23. The Morgan fingerprint density at radius 2 is 1.89 bits per heavy atom. The Hall–Kier alpha value is -2.69. The van der Waals surface area contributed by atoms with E-state index in [0.717, 1.165) is 39.8 Å². The van der Waals surface area contributed by atoms with Crippen molar-refractivity contribution in [2.45, 2.75) is 45.1 Å². The molecule has 1 aromatic carbocycles. The topological polar surface area (TPSA) is 47.8 Å². The van der Waals surface area contributed by atoms with E-state index in [0.29, 0.717) is 6.04 Å². The van der Waals surface area contributed by atoms with Gasteiger partial charge in [0, 0.05) is 17.8 Å². The van der Waals surface area contributed by atoms with Crippen molar-refractivity contribution >= 4 is 11.5 Å². The lowest BCUT2D eigenvalue weighted by molar-refractivity contribution is 0.404. The fourth-order valence-electron chi connectivity index (χ4n) is 3.97. The third kappa shape index (κ3) is 3.34. The Morgan fingerprint density at radius 3 is 2.63 bits per heavy atom. The lowest BCUT2D eigenvalue weighted by Gasteiger charge is -2.24. The first-order chi connectivity index (χ1) is 13.2. The first-order valence-corrected chi connectivity index (χ1v) is 9.68. The molecule has 5 heteroatoms. The number of pyridine rings is 1. The summed E-state index contributed by atoms with van der Waals surface area (Å²) in [6.45, 7) is 2.10. The van der Waals surface area contributed by atoms with Crippen molar-refractivity contribution in [3.8, 4) is 22.8 Å². The van der Waals surface area contributed by atoms with E-state index in [4.69, 9.17) is 14.5 Å². The number of aryl methyl sites for hydroxylation is 1. The molecule has 1 aliphatic rings. The molecule has 27 heavy (non-hydrogen) atoms. The monoisotopic (exact) mass is 365 g/mol. The maximum Gasteiger partial charge on any atom is 0.142 e. The van der Waals surface area contributed by atoms with Crippen LogP contribution in [0.25, 0.3) is 16.9 Å². The SMILES string of the molecule is COc1ccc(OC)c(-c2nc3c(C)cccn3c2NC2CCCCC2)c1. The number of rotatable bonds is 5. The zero-order valence-corrected chi connectivity index (χ0v) is 16.3. The Bertz CT molecular complexity index is 942. The maximum absolute atomic E-state index is 5.64. The van der Waals surface area contributed by atoms with E-state index in [1.165, 1.54) is 32.1 Å². The number of hydrogen-bond acceptors (Lipinski definition) is 4. The summed E-state index contributed by atoms with van der Waals surface area (Å²) in [4.78, 5) is 5.00. The zero-order valence-electron chi connectivity index (χ0n) is 16.3. The van der Waals surface area contributed by atoms with Crippen LogP contribution < -0.4 is 14.8 Å². The number of fused-ring (bicyclic) bond motifs is 1. The van der Waals surface area contributed by atoms with Crippen LogP contribution in [0.3, 0.4) is 0 Å². The number of benzene rings is 1. The molecule has 3 aromatic rings. The summed E-state index contributed by atoms with van der Waals surface area (Å²) in [5.74, 6) is 2.62. The Labute approximate surface area is 160 Å². The third-order valence-corrected chi connectivity index (χ3v) is 5.45. The van der Waals surface area contributed by atoms with E-state index in [1.807, 2.05) is 18.2 Å². The summed E-state index contributed by atoms with van der Waals surface area (Å²) in [5.41, 5.74) is 3.97. The van der Waals surface area contributed by atoms with Gasteiger partial charge in [0.1, 0.15) is 28.7 Å². The van der Waals surface area contributed by atoms with Crippen LogP contribution in [0.4, 0.5) is 5.82 Å². The van der Waals surface area contributed by atoms with Crippen LogP contribution in [0.2, 0.25) is 0 Å². The molecule has 0 unspecified atom stereocenters. The zero-order chi connectivity index (χ0) is 18.8. The van der Waals surface area contributed by atoms with Crippen molar-refractivity contribution in [2.24, 2.45) is 0 Å². The van der Waals surface area contributed by atoms with Gasteiger partial charge in [-0.3, -0.25) is 4.40 Å². The summed E-state index contributed by atoms with van der Waals surface area (Å²) < 4.78 is 13.3. The first-order valence-electron chi connectivity index (χ1n) is 9.68. The molecule has 2 heterocycles. The number of nitrogens with one attached hydrogen (secondary N) is 1. The van der Waals surface area contributed by atoms with Crippen LogP contribution in [0, 0.1) is 6.92 Å². The van der Waals surface area contributed by atoms with Gasteiger partial charge in [-0.1, -0.05) is 25.3 Å².